The molecule has 15 rings (SSSR count). The van der Waals surface area contributed by atoms with Crippen LogP contribution in [0.2, 0.25) is 0 Å². The molecule has 0 aromatic heterocycles. The summed E-state index contributed by atoms with van der Waals surface area (Å²) in [5.41, 5.74) is 22.3. The highest BCUT2D eigenvalue weighted by Gasteiger charge is 2.42. The van der Waals surface area contributed by atoms with Crippen LogP contribution in [0.5, 0.6) is 0 Å². The molecule has 0 fully saturated rings. The number of nitrogens with zero attached hydrogens (tertiary/aromatic N) is 4. The van der Waals surface area contributed by atoms with Crippen LogP contribution >= 0.6 is 35.3 Å². The van der Waals surface area contributed by atoms with Crippen LogP contribution in [0.1, 0.15) is 110 Å². The van der Waals surface area contributed by atoms with Crippen molar-refractivity contribution in [1.82, 2.24) is 0 Å². The van der Waals surface area contributed by atoms with E-state index in [2.05, 4.69) is 309 Å². The van der Waals surface area contributed by atoms with Gasteiger partial charge in [0.2, 0.25) is 0 Å². The van der Waals surface area contributed by atoms with Crippen LogP contribution in [0.4, 0.5) is 62.6 Å². The Bertz CT molecular complexity index is 4630. The molecule has 0 saturated heterocycles. The molecule has 88 heavy (non-hydrogen) atoms. The van der Waals surface area contributed by atoms with E-state index in [-0.39, 0.29) is 16.2 Å². The lowest BCUT2D eigenvalue weighted by atomic mass is 9.87. The van der Waals surface area contributed by atoms with E-state index in [1.807, 2.05) is 35.3 Å². The van der Waals surface area contributed by atoms with Crippen molar-refractivity contribution in [3.63, 3.8) is 0 Å². The van der Waals surface area contributed by atoms with Gasteiger partial charge in [-0.25, -0.2) is 0 Å². The summed E-state index contributed by atoms with van der Waals surface area (Å²) < 4.78 is 0. The van der Waals surface area contributed by atoms with Crippen LogP contribution in [-0.2, 0) is 16.2 Å². The third-order valence-corrected chi connectivity index (χ3v) is 21.9. The molecule has 4 aliphatic rings. The quantitative estimate of drug-likeness (QED) is 0.141. The molecule has 3 aliphatic heterocycles. The number of hydrogen-bond acceptors (Lipinski definition) is 7. The monoisotopic (exact) mass is 1200 g/mol. The molecule has 7 heteroatoms. The summed E-state index contributed by atoms with van der Waals surface area (Å²) in [6.07, 6.45) is 6.93. The molecule has 3 heterocycles. The van der Waals surface area contributed by atoms with Gasteiger partial charge in [0, 0.05) is 80.6 Å². The zero-order valence-electron chi connectivity index (χ0n) is 52.6. The summed E-state index contributed by atoms with van der Waals surface area (Å²) in [6.45, 7) is 27.4. The van der Waals surface area contributed by atoms with E-state index in [1.165, 1.54) is 141 Å². The summed E-state index contributed by atoms with van der Waals surface area (Å²) >= 11 is 5.86. The standard InChI is InChI=1S/C81H74N4S3/c1-49-19-13-16-22-67(49)82(58-31-25-55(26-32-58)79(4,5)6)61-37-40-64-52(43-61)46-70-73-76(64)87-71-47-53-44-63(84(69-24-18-15-21-51(69)3)60-35-29-57(30-36-60)81(10,11)12)39-42-66(53)78-74(71)85(73)75-72(88-78)48-54-45-62(38-41-65(54)77(75)86-70)83(68-23-17-14-20-50(68)2)59-33-27-56(28-34-59)80(7,8)9/h13-14,16-17,19-48H,15,18H2,1-12H3. The number of hydrogen-bond donors (Lipinski definition) is 0. The van der Waals surface area contributed by atoms with Crippen LogP contribution in [0.25, 0.3) is 32.3 Å². The van der Waals surface area contributed by atoms with Gasteiger partial charge in [-0.1, -0.05) is 201 Å². The van der Waals surface area contributed by atoms with E-state index in [1.54, 1.807) is 0 Å². The van der Waals surface area contributed by atoms with Crippen molar-refractivity contribution in [3.05, 3.63) is 245 Å². The molecule has 0 N–H and O–H groups in total. The van der Waals surface area contributed by atoms with Gasteiger partial charge in [-0.2, -0.15) is 0 Å². The molecule has 11 aromatic carbocycles. The predicted molar refractivity (Wildman–Crippen MR) is 381 cm³/mol. The number of rotatable bonds is 9. The van der Waals surface area contributed by atoms with Crippen LogP contribution in [0, 0.1) is 13.8 Å². The number of allylic oxidation sites excluding steroid dienone is 3. The van der Waals surface area contributed by atoms with Crippen LogP contribution in [-0.4, -0.2) is 0 Å². The van der Waals surface area contributed by atoms with Gasteiger partial charge in [0.05, 0.1) is 17.1 Å². The molecule has 0 saturated carbocycles. The lowest BCUT2D eigenvalue weighted by Gasteiger charge is -2.44. The summed E-state index contributed by atoms with van der Waals surface area (Å²) in [6, 6.07) is 74.5. The van der Waals surface area contributed by atoms with E-state index >= 15 is 0 Å². The Morgan fingerprint density at radius 2 is 0.659 bits per heavy atom. The highest BCUT2D eigenvalue weighted by molar-refractivity contribution is 8.02. The number of aryl methyl sites for hydroxylation is 2. The molecule has 11 aromatic rings. The molecular formula is C81H74N4S3. The Kier molecular flexibility index (Phi) is 13.5. The number of para-hydroxylation sites is 2. The molecule has 0 unspecified atom stereocenters. The summed E-state index contributed by atoms with van der Waals surface area (Å²) in [5, 5.41) is 7.48. The van der Waals surface area contributed by atoms with E-state index in [0.717, 1.165) is 35.6 Å². The first-order valence-corrected chi connectivity index (χ1v) is 33.6. The Balaban J connectivity index is 0.942. The predicted octanol–water partition coefficient (Wildman–Crippen LogP) is 25.2. The second-order valence-corrected chi connectivity index (χ2v) is 30.7. The average Bonchev–Trinajstić information content (AvgIpc) is 0.911. The number of benzene rings is 11. The first-order chi connectivity index (χ1) is 42.2. The SMILES string of the molecule is CC1=CCCC=C1N(c1ccc(C(C)(C)C)cc1)c1ccc2c3c4c(cc2c1)Sc1c2c(cc5cc(N(c6ccc(C(C)(C)C)cc6)c6ccccc6C)ccc15)Sc1c(c(cc5cc(N(c6ccc(C(C)(C)C)cc6)c6ccccc6C)ccc15)S3)N42. The third kappa shape index (κ3) is 9.54. The normalized spacial score (nSPS) is 14.2. The Hall–Kier alpha value is -8.07. The fourth-order valence-corrected chi connectivity index (χ4v) is 17.6. The van der Waals surface area contributed by atoms with Gasteiger partial charge in [-0.05, 0) is 219 Å². The first-order valence-electron chi connectivity index (χ1n) is 31.1. The maximum Gasteiger partial charge on any atom is 0.0749 e. The van der Waals surface area contributed by atoms with Crippen molar-refractivity contribution in [1.29, 1.82) is 0 Å². The van der Waals surface area contributed by atoms with Crippen LogP contribution < -0.4 is 19.6 Å². The fourth-order valence-electron chi connectivity index (χ4n) is 13.5. The zero-order valence-corrected chi connectivity index (χ0v) is 55.0. The molecule has 0 bridgehead atoms. The Labute approximate surface area is 533 Å². The van der Waals surface area contributed by atoms with Gasteiger partial charge >= 0.3 is 0 Å². The maximum atomic E-state index is 2.69. The lowest BCUT2D eigenvalue weighted by Crippen LogP contribution is -2.23. The molecule has 0 spiro atoms. The van der Waals surface area contributed by atoms with E-state index in [9.17, 15) is 0 Å². The minimum Gasteiger partial charge on any atom is -0.311 e. The topological polar surface area (TPSA) is 13.0 Å². The van der Waals surface area contributed by atoms with Gasteiger partial charge in [-0.15, -0.1) is 0 Å². The maximum absolute atomic E-state index is 2.69. The van der Waals surface area contributed by atoms with Gasteiger partial charge in [-0.3, -0.25) is 0 Å². The average molecular weight is 1200 g/mol. The molecule has 0 radical (unpaired) electrons. The van der Waals surface area contributed by atoms with E-state index in [4.69, 9.17) is 0 Å². The van der Waals surface area contributed by atoms with Gasteiger partial charge in [0.15, 0.2) is 0 Å². The van der Waals surface area contributed by atoms with E-state index in [0.29, 0.717) is 0 Å². The first kappa shape index (κ1) is 56.4. The summed E-state index contributed by atoms with van der Waals surface area (Å²) in [4.78, 5) is 17.8. The van der Waals surface area contributed by atoms with Crippen molar-refractivity contribution in [2.45, 2.75) is 142 Å². The zero-order chi connectivity index (χ0) is 60.7. The van der Waals surface area contributed by atoms with Crippen molar-refractivity contribution in [2.75, 3.05) is 19.6 Å². The highest BCUT2D eigenvalue weighted by atomic mass is 32.2. The lowest BCUT2D eigenvalue weighted by molar-refractivity contribution is 0.590. The van der Waals surface area contributed by atoms with Crippen LogP contribution in [0.15, 0.2) is 247 Å². The van der Waals surface area contributed by atoms with Crippen molar-refractivity contribution >= 4 is 130 Å². The number of anilines is 11. The molecule has 1 aliphatic carbocycles. The molecule has 0 atom stereocenters. The highest BCUT2D eigenvalue weighted by Crippen LogP contribution is 2.70. The van der Waals surface area contributed by atoms with Crippen molar-refractivity contribution in [3.8, 4) is 0 Å². The van der Waals surface area contributed by atoms with Gasteiger partial charge in [0.25, 0.3) is 0 Å². The van der Waals surface area contributed by atoms with Crippen molar-refractivity contribution < 1.29 is 0 Å². The molecule has 436 valence electrons. The van der Waals surface area contributed by atoms with Crippen LogP contribution in [0.3, 0.4) is 0 Å². The molecule has 0 amide bonds. The largest absolute Gasteiger partial charge is 0.311 e. The van der Waals surface area contributed by atoms with Gasteiger partial charge in [0.1, 0.15) is 0 Å². The third-order valence-electron chi connectivity index (χ3n) is 18.4. The van der Waals surface area contributed by atoms with Gasteiger partial charge < -0.3 is 19.6 Å². The van der Waals surface area contributed by atoms with Crippen molar-refractivity contribution in [2.24, 2.45) is 0 Å². The number of fused-ring (bicyclic) bond motifs is 6. The minimum atomic E-state index is 0.0437. The summed E-state index contributed by atoms with van der Waals surface area (Å²) in [7, 11) is 0. The Morgan fingerprint density at radius 1 is 0.341 bits per heavy atom. The fraction of sp³-hybridized carbons (Fsp3) is 0.210. The second kappa shape index (κ2) is 21.0. The molecule has 4 nitrogen and oxygen atoms in total. The van der Waals surface area contributed by atoms with E-state index < -0.39 is 0 Å². The minimum absolute atomic E-state index is 0.0437. The summed E-state index contributed by atoms with van der Waals surface area (Å²) in [5.74, 6) is 0. The Morgan fingerprint density at radius 3 is 1.00 bits per heavy atom. The second-order valence-electron chi connectivity index (χ2n) is 27.5. The molecular weight excluding hydrogens is 1130 g/mol. The smallest absolute Gasteiger partial charge is 0.0749 e.